The minimum Gasteiger partial charge on any atom is -0.342 e. The van der Waals surface area contributed by atoms with Gasteiger partial charge in [-0.2, -0.15) is 0 Å². The van der Waals surface area contributed by atoms with Gasteiger partial charge < -0.3 is 4.57 Å². The fourth-order valence-electron chi connectivity index (χ4n) is 4.73. The van der Waals surface area contributed by atoms with Crippen molar-refractivity contribution in [3.05, 3.63) is 107 Å². The summed E-state index contributed by atoms with van der Waals surface area (Å²) in [5, 5.41) is 3.25. The number of aryl methyl sites for hydroxylation is 1. The number of imide groups is 2. The molecular formula is C31H29N3O3. The first-order valence-corrected chi connectivity index (χ1v) is 12.5. The van der Waals surface area contributed by atoms with E-state index in [1.165, 1.54) is 11.1 Å². The van der Waals surface area contributed by atoms with Crippen molar-refractivity contribution in [2.45, 2.75) is 39.7 Å². The summed E-state index contributed by atoms with van der Waals surface area (Å²) < 4.78 is 2.12. The van der Waals surface area contributed by atoms with E-state index in [4.69, 9.17) is 0 Å². The molecule has 0 bridgehead atoms. The average molecular weight is 492 g/mol. The van der Waals surface area contributed by atoms with Crippen molar-refractivity contribution in [1.29, 1.82) is 0 Å². The number of amides is 4. The van der Waals surface area contributed by atoms with E-state index in [1.54, 1.807) is 18.2 Å². The van der Waals surface area contributed by atoms with E-state index in [1.807, 2.05) is 54.7 Å². The van der Waals surface area contributed by atoms with Gasteiger partial charge in [0.1, 0.15) is 5.57 Å². The van der Waals surface area contributed by atoms with Gasteiger partial charge in [0.15, 0.2) is 0 Å². The number of anilines is 1. The Morgan fingerprint density at radius 3 is 2.35 bits per heavy atom. The maximum absolute atomic E-state index is 13.5. The lowest BCUT2D eigenvalue weighted by Crippen LogP contribution is -2.54. The number of hydrogen-bond acceptors (Lipinski definition) is 3. The highest BCUT2D eigenvalue weighted by Gasteiger charge is 2.37. The van der Waals surface area contributed by atoms with Gasteiger partial charge in [-0.15, -0.1) is 0 Å². The number of hydrogen-bond donors (Lipinski definition) is 1. The summed E-state index contributed by atoms with van der Waals surface area (Å²) in [5.41, 5.74) is 5.59. The Kier molecular flexibility index (Phi) is 6.49. The number of nitrogens with one attached hydrogen (secondary N) is 1. The minimum atomic E-state index is -0.745. The molecule has 0 spiro atoms. The molecule has 1 atom stereocenters. The molecule has 4 aromatic rings. The Morgan fingerprint density at radius 1 is 0.919 bits per heavy atom. The van der Waals surface area contributed by atoms with Crippen LogP contribution in [0.3, 0.4) is 0 Å². The molecule has 0 radical (unpaired) electrons. The Hall–Kier alpha value is -4.45. The van der Waals surface area contributed by atoms with E-state index in [-0.39, 0.29) is 5.57 Å². The van der Waals surface area contributed by atoms with Gasteiger partial charge in [-0.25, -0.2) is 9.69 Å². The molecule has 4 amide bonds. The van der Waals surface area contributed by atoms with Crippen molar-refractivity contribution in [2.24, 2.45) is 0 Å². The summed E-state index contributed by atoms with van der Waals surface area (Å²) in [6, 6.07) is 22.7. The first kappa shape index (κ1) is 24.3. The fraction of sp³-hybridized carbons (Fsp3) is 0.194. The van der Waals surface area contributed by atoms with Gasteiger partial charge in [-0.3, -0.25) is 14.9 Å². The third-order valence-corrected chi connectivity index (χ3v) is 7.16. The van der Waals surface area contributed by atoms with Gasteiger partial charge in [-0.05, 0) is 60.2 Å². The highest BCUT2D eigenvalue weighted by atomic mass is 16.2. The van der Waals surface area contributed by atoms with E-state index in [2.05, 4.69) is 42.8 Å². The zero-order valence-corrected chi connectivity index (χ0v) is 21.2. The van der Waals surface area contributed by atoms with Crippen molar-refractivity contribution < 1.29 is 14.4 Å². The lowest BCUT2D eigenvalue weighted by molar-refractivity contribution is -0.122. The van der Waals surface area contributed by atoms with Crippen LogP contribution < -0.4 is 10.2 Å². The Bertz CT molecular complexity index is 1550. The van der Waals surface area contributed by atoms with Crippen molar-refractivity contribution in [1.82, 2.24) is 9.88 Å². The summed E-state index contributed by atoms with van der Waals surface area (Å²) in [4.78, 5) is 40.0. The predicted molar refractivity (Wildman–Crippen MR) is 146 cm³/mol. The second kappa shape index (κ2) is 9.90. The van der Waals surface area contributed by atoms with E-state index in [0.717, 1.165) is 33.4 Å². The molecule has 0 saturated carbocycles. The van der Waals surface area contributed by atoms with Crippen LogP contribution in [0.15, 0.2) is 84.6 Å². The highest BCUT2D eigenvalue weighted by Crippen LogP contribution is 2.28. The van der Waals surface area contributed by atoms with Gasteiger partial charge >= 0.3 is 6.03 Å². The molecule has 1 aliphatic rings. The molecule has 1 N–H and O–H groups in total. The number of fused-ring (bicyclic) bond motifs is 1. The van der Waals surface area contributed by atoms with Crippen LogP contribution in [-0.2, 0) is 16.1 Å². The first-order chi connectivity index (χ1) is 17.9. The molecule has 37 heavy (non-hydrogen) atoms. The Labute approximate surface area is 216 Å². The second-order valence-electron chi connectivity index (χ2n) is 9.51. The number of benzene rings is 3. The minimum absolute atomic E-state index is 0.0793. The molecular weight excluding hydrogens is 462 g/mol. The van der Waals surface area contributed by atoms with Crippen LogP contribution in [0.25, 0.3) is 17.0 Å². The summed E-state index contributed by atoms with van der Waals surface area (Å²) >= 11 is 0. The number of carbonyl (C=O) groups is 3. The molecule has 1 saturated heterocycles. The largest absolute Gasteiger partial charge is 0.342 e. The summed E-state index contributed by atoms with van der Waals surface area (Å²) in [7, 11) is 0. The second-order valence-corrected chi connectivity index (χ2v) is 9.51. The van der Waals surface area contributed by atoms with E-state index >= 15 is 0 Å². The molecule has 2 heterocycles. The molecule has 6 heteroatoms. The maximum atomic E-state index is 13.5. The molecule has 1 unspecified atom stereocenters. The monoisotopic (exact) mass is 491 g/mol. The molecule has 3 aromatic carbocycles. The number of carbonyl (C=O) groups excluding carboxylic acids is 3. The summed E-state index contributed by atoms with van der Waals surface area (Å²) in [6.45, 7) is 6.98. The summed E-state index contributed by atoms with van der Waals surface area (Å²) in [5.74, 6) is -0.965. The smallest absolute Gasteiger partial charge is 0.335 e. The predicted octanol–water partition coefficient (Wildman–Crippen LogP) is 6.18. The number of urea groups is 1. The van der Waals surface area contributed by atoms with Crippen molar-refractivity contribution in [2.75, 3.05) is 4.90 Å². The van der Waals surface area contributed by atoms with Gasteiger partial charge in [0, 0.05) is 29.2 Å². The van der Waals surface area contributed by atoms with E-state index in [9.17, 15) is 14.4 Å². The molecule has 1 fully saturated rings. The number of rotatable bonds is 6. The average Bonchev–Trinajstić information content (AvgIpc) is 3.25. The van der Waals surface area contributed by atoms with E-state index in [0.29, 0.717) is 18.2 Å². The molecule has 1 aromatic heterocycles. The van der Waals surface area contributed by atoms with Gasteiger partial charge in [0.05, 0.1) is 5.69 Å². The van der Waals surface area contributed by atoms with Gasteiger partial charge in [0.2, 0.25) is 0 Å². The zero-order chi connectivity index (χ0) is 26.1. The lowest BCUT2D eigenvalue weighted by Gasteiger charge is -2.26. The van der Waals surface area contributed by atoms with Crippen molar-refractivity contribution in [3.8, 4) is 0 Å². The molecule has 0 aliphatic carbocycles. The van der Waals surface area contributed by atoms with Crippen LogP contribution in [0.4, 0.5) is 10.5 Å². The number of para-hydroxylation sites is 1. The van der Waals surface area contributed by atoms with Crippen LogP contribution in [0.5, 0.6) is 0 Å². The van der Waals surface area contributed by atoms with Crippen LogP contribution >= 0.6 is 0 Å². The number of aromatic nitrogens is 1. The topological polar surface area (TPSA) is 71.4 Å². The normalized spacial score (nSPS) is 15.9. The third-order valence-electron chi connectivity index (χ3n) is 7.16. The van der Waals surface area contributed by atoms with Crippen LogP contribution in [0, 0.1) is 6.92 Å². The molecule has 186 valence electrons. The van der Waals surface area contributed by atoms with Gasteiger partial charge in [-0.1, -0.05) is 68.4 Å². The number of nitrogens with zero attached hydrogens (tertiary/aromatic N) is 2. The van der Waals surface area contributed by atoms with Crippen molar-refractivity contribution in [3.63, 3.8) is 0 Å². The molecule has 6 nitrogen and oxygen atoms in total. The van der Waals surface area contributed by atoms with Crippen molar-refractivity contribution >= 4 is 40.5 Å². The Balaban J connectivity index is 1.53. The third kappa shape index (κ3) is 4.58. The van der Waals surface area contributed by atoms with Crippen LogP contribution in [0.2, 0.25) is 0 Å². The Morgan fingerprint density at radius 2 is 1.62 bits per heavy atom. The van der Waals surface area contributed by atoms with Crippen LogP contribution in [0.1, 0.15) is 48.4 Å². The van der Waals surface area contributed by atoms with Crippen LogP contribution in [-0.4, -0.2) is 22.4 Å². The summed E-state index contributed by atoms with van der Waals surface area (Å²) in [6.07, 6.45) is 4.52. The molecule has 1 aliphatic heterocycles. The quantitative estimate of drug-likeness (QED) is 0.259. The fourth-order valence-corrected chi connectivity index (χ4v) is 4.73. The van der Waals surface area contributed by atoms with E-state index < -0.39 is 17.8 Å². The number of barbiturate groups is 1. The maximum Gasteiger partial charge on any atom is 0.335 e. The highest BCUT2D eigenvalue weighted by molar-refractivity contribution is 6.39. The standard InChI is InChI=1S/C31H29N3O3/c1-4-20(2)22-13-15-25(16-14-22)34-30(36)27(29(35)32-31(34)37)17-24-19-33(28-12-8-7-11-26(24)28)18-23-10-6-5-9-21(23)3/h5-17,19-20H,4,18H2,1-3H3,(H,32,35,37). The molecule has 5 rings (SSSR count). The SMILES string of the molecule is CCC(C)c1ccc(N2C(=O)NC(=O)C(=Cc3cn(Cc4ccccc4C)c4ccccc34)C2=O)cc1. The van der Waals surface area contributed by atoms with Gasteiger partial charge in [0.25, 0.3) is 11.8 Å². The first-order valence-electron chi connectivity index (χ1n) is 12.5. The lowest BCUT2D eigenvalue weighted by atomic mass is 9.98. The zero-order valence-electron chi connectivity index (χ0n) is 21.2.